The highest BCUT2D eigenvalue weighted by Crippen LogP contribution is 2.33. The molecule has 0 spiro atoms. The molecule has 0 aliphatic carbocycles. The Bertz CT molecular complexity index is 552. The second-order valence-corrected chi connectivity index (χ2v) is 5.06. The molecule has 0 radical (unpaired) electrons. The number of rotatable bonds is 4. The number of aromatic hydroxyl groups is 2. The fourth-order valence-electron chi connectivity index (χ4n) is 1.74. The molecule has 2 rings (SSSR count). The zero-order valence-corrected chi connectivity index (χ0v) is 11.2. The molecule has 0 unspecified atom stereocenters. The number of aromatic nitrogens is 1. The molecule has 0 atom stereocenters. The molecule has 18 heavy (non-hydrogen) atoms. The molecule has 2 aromatic rings. The minimum Gasteiger partial charge on any atom is -0.504 e. The Labute approximate surface area is 110 Å². The van der Waals surface area contributed by atoms with Crippen molar-refractivity contribution in [1.82, 2.24) is 10.3 Å². The summed E-state index contributed by atoms with van der Waals surface area (Å²) < 4.78 is 0. The van der Waals surface area contributed by atoms with E-state index in [9.17, 15) is 10.2 Å². The molecular formula is C13H16N2O2S. The van der Waals surface area contributed by atoms with Gasteiger partial charge < -0.3 is 15.5 Å². The van der Waals surface area contributed by atoms with Crippen LogP contribution in [0.4, 0.5) is 0 Å². The highest BCUT2D eigenvalue weighted by molar-refractivity contribution is 7.15. The third-order valence-electron chi connectivity index (χ3n) is 2.67. The summed E-state index contributed by atoms with van der Waals surface area (Å²) in [6, 6.07) is 4.78. The lowest BCUT2D eigenvalue weighted by Crippen LogP contribution is -2.05. The lowest BCUT2D eigenvalue weighted by molar-refractivity contribution is 0.404. The highest BCUT2D eigenvalue weighted by Gasteiger charge is 2.12. The van der Waals surface area contributed by atoms with Gasteiger partial charge >= 0.3 is 0 Å². The molecule has 0 saturated carbocycles. The summed E-state index contributed by atoms with van der Waals surface area (Å²) in [5.74, 6) is -0.225. The van der Waals surface area contributed by atoms with Crippen LogP contribution in [0, 0.1) is 0 Å². The Morgan fingerprint density at radius 3 is 2.67 bits per heavy atom. The number of phenolic OH excluding ortho intramolecular Hbond substituents is 2. The van der Waals surface area contributed by atoms with Gasteiger partial charge in [0, 0.05) is 17.0 Å². The van der Waals surface area contributed by atoms with Crippen LogP contribution in [0.3, 0.4) is 0 Å². The molecule has 1 heterocycles. The Morgan fingerprint density at radius 2 is 2.06 bits per heavy atom. The zero-order chi connectivity index (χ0) is 13.1. The summed E-state index contributed by atoms with van der Waals surface area (Å²) in [6.07, 6.45) is 0.886. The van der Waals surface area contributed by atoms with Gasteiger partial charge in [-0.15, -0.1) is 11.3 Å². The van der Waals surface area contributed by atoms with Crippen molar-refractivity contribution in [1.29, 1.82) is 0 Å². The van der Waals surface area contributed by atoms with Gasteiger partial charge in [-0.2, -0.15) is 0 Å². The summed E-state index contributed by atoms with van der Waals surface area (Å²) >= 11 is 1.61. The lowest BCUT2D eigenvalue weighted by atomic mass is 10.2. The highest BCUT2D eigenvalue weighted by atomic mass is 32.1. The van der Waals surface area contributed by atoms with Crippen LogP contribution in [0.1, 0.15) is 17.5 Å². The number of hydrogen-bond acceptors (Lipinski definition) is 5. The van der Waals surface area contributed by atoms with E-state index < -0.39 is 0 Å². The lowest BCUT2D eigenvalue weighted by Gasteiger charge is -1.99. The number of hydrogen-bond donors (Lipinski definition) is 3. The van der Waals surface area contributed by atoms with Crippen LogP contribution < -0.4 is 5.32 Å². The monoisotopic (exact) mass is 264 g/mol. The predicted octanol–water partition coefficient (Wildman–Crippen LogP) is 2.50. The second kappa shape index (κ2) is 5.37. The first kappa shape index (κ1) is 12.9. The van der Waals surface area contributed by atoms with Crippen molar-refractivity contribution in [3.8, 4) is 22.1 Å². The first-order valence-electron chi connectivity index (χ1n) is 5.81. The molecule has 5 heteroatoms. The molecule has 4 nitrogen and oxygen atoms in total. The Hall–Kier alpha value is -1.59. The number of nitrogens with one attached hydrogen (secondary N) is 1. The van der Waals surface area contributed by atoms with Crippen LogP contribution in [-0.4, -0.2) is 22.2 Å². The standard InChI is InChI=1S/C13H16N2O2S/c1-3-9-12(7-14-2)18-13(15-9)8-4-5-10(16)11(17)6-8/h4-6,14,16-17H,3,7H2,1-2H3. The van der Waals surface area contributed by atoms with Crippen molar-refractivity contribution in [3.63, 3.8) is 0 Å². The van der Waals surface area contributed by atoms with Gasteiger partial charge in [-0.25, -0.2) is 4.98 Å². The van der Waals surface area contributed by atoms with Gasteiger partial charge in [-0.3, -0.25) is 0 Å². The average Bonchev–Trinajstić information content (AvgIpc) is 2.76. The molecule has 0 aliphatic rings. The number of thiazole rings is 1. The molecule has 0 fully saturated rings. The summed E-state index contributed by atoms with van der Waals surface area (Å²) in [7, 11) is 1.91. The quantitative estimate of drug-likeness (QED) is 0.742. The fraction of sp³-hybridized carbons (Fsp3) is 0.308. The van der Waals surface area contributed by atoms with Gasteiger partial charge in [0.15, 0.2) is 11.5 Å². The fourth-order valence-corrected chi connectivity index (χ4v) is 2.90. The number of benzene rings is 1. The topological polar surface area (TPSA) is 65.4 Å². The van der Waals surface area contributed by atoms with E-state index in [0.717, 1.165) is 29.2 Å². The largest absolute Gasteiger partial charge is 0.504 e. The molecule has 96 valence electrons. The van der Waals surface area contributed by atoms with Gasteiger partial charge in [0.25, 0.3) is 0 Å². The minimum atomic E-state index is -0.115. The third-order valence-corrected chi connectivity index (χ3v) is 3.82. The molecule has 0 amide bonds. The normalized spacial score (nSPS) is 10.8. The van der Waals surface area contributed by atoms with Crippen LogP contribution in [0.5, 0.6) is 11.5 Å². The second-order valence-electron chi connectivity index (χ2n) is 3.98. The van der Waals surface area contributed by atoms with Crippen molar-refractivity contribution in [2.75, 3.05) is 7.05 Å². The molecular weight excluding hydrogens is 248 g/mol. The minimum absolute atomic E-state index is 0.110. The van der Waals surface area contributed by atoms with Crippen molar-refractivity contribution in [2.24, 2.45) is 0 Å². The maximum atomic E-state index is 9.51. The molecule has 1 aromatic heterocycles. The van der Waals surface area contributed by atoms with Crippen LogP contribution in [0.25, 0.3) is 10.6 Å². The SMILES string of the molecule is CCc1nc(-c2ccc(O)c(O)c2)sc1CNC. The van der Waals surface area contributed by atoms with E-state index in [1.165, 1.54) is 17.0 Å². The number of aryl methyl sites for hydroxylation is 1. The van der Waals surface area contributed by atoms with Gasteiger partial charge in [0.1, 0.15) is 5.01 Å². The third kappa shape index (κ3) is 2.47. The maximum absolute atomic E-state index is 9.51. The number of nitrogens with zero attached hydrogens (tertiary/aromatic N) is 1. The smallest absolute Gasteiger partial charge is 0.158 e. The van der Waals surface area contributed by atoms with Crippen molar-refractivity contribution >= 4 is 11.3 Å². The molecule has 3 N–H and O–H groups in total. The van der Waals surface area contributed by atoms with Crippen molar-refractivity contribution in [2.45, 2.75) is 19.9 Å². The zero-order valence-electron chi connectivity index (χ0n) is 10.4. The van der Waals surface area contributed by atoms with Crippen molar-refractivity contribution < 1.29 is 10.2 Å². The van der Waals surface area contributed by atoms with E-state index in [1.54, 1.807) is 17.4 Å². The molecule has 0 aliphatic heterocycles. The predicted molar refractivity (Wildman–Crippen MR) is 73.0 cm³/mol. The van der Waals surface area contributed by atoms with Crippen LogP contribution in [0.15, 0.2) is 18.2 Å². The Morgan fingerprint density at radius 1 is 1.28 bits per heavy atom. The first-order chi connectivity index (χ1) is 8.65. The molecule has 0 bridgehead atoms. The summed E-state index contributed by atoms with van der Waals surface area (Å²) in [4.78, 5) is 5.78. The molecule has 0 saturated heterocycles. The summed E-state index contributed by atoms with van der Waals surface area (Å²) in [6.45, 7) is 2.87. The van der Waals surface area contributed by atoms with E-state index in [1.807, 2.05) is 7.05 Å². The Kier molecular flexibility index (Phi) is 3.84. The van der Waals surface area contributed by atoms with Crippen LogP contribution in [0.2, 0.25) is 0 Å². The Balaban J connectivity index is 2.40. The number of phenols is 2. The van der Waals surface area contributed by atoms with Gasteiger partial charge in [0.05, 0.1) is 5.69 Å². The molecule has 1 aromatic carbocycles. The summed E-state index contributed by atoms with van der Waals surface area (Å²) in [5, 5.41) is 22.8. The van der Waals surface area contributed by atoms with Gasteiger partial charge in [0.2, 0.25) is 0 Å². The van der Waals surface area contributed by atoms with E-state index in [2.05, 4.69) is 17.2 Å². The van der Waals surface area contributed by atoms with E-state index in [0.29, 0.717) is 0 Å². The van der Waals surface area contributed by atoms with E-state index >= 15 is 0 Å². The van der Waals surface area contributed by atoms with E-state index in [-0.39, 0.29) is 11.5 Å². The van der Waals surface area contributed by atoms with Crippen molar-refractivity contribution in [3.05, 3.63) is 28.8 Å². The van der Waals surface area contributed by atoms with E-state index in [4.69, 9.17) is 0 Å². The maximum Gasteiger partial charge on any atom is 0.158 e. The average molecular weight is 264 g/mol. The van der Waals surface area contributed by atoms with Gasteiger partial charge in [-0.1, -0.05) is 6.92 Å². The van der Waals surface area contributed by atoms with Crippen LogP contribution >= 0.6 is 11.3 Å². The first-order valence-corrected chi connectivity index (χ1v) is 6.62. The van der Waals surface area contributed by atoms with Crippen LogP contribution in [-0.2, 0) is 13.0 Å². The van der Waals surface area contributed by atoms with Gasteiger partial charge in [-0.05, 0) is 31.7 Å². The summed E-state index contributed by atoms with van der Waals surface area (Å²) in [5.41, 5.74) is 1.91.